The second kappa shape index (κ2) is 6.27. The normalized spacial score (nSPS) is 14.4. The fourth-order valence-electron chi connectivity index (χ4n) is 1.43. The maximum Gasteiger partial charge on any atom is 0.244 e. The highest BCUT2D eigenvalue weighted by Gasteiger charge is 2.15. The van der Waals surface area contributed by atoms with Gasteiger partial charge in [0, 0.05) is 18.9 Å². The van der Waals surface area contributed by atoms with Crippen molar-refractivity contribution in [3.8, 4) is 0 Å². The van der Waals surface area contributed by atoms with Gasteiger partial charge in [0.25, 0.3) is 0 Å². The monoisotopic (exact) mass is 225 g/mol. The van der Waals surface area contributed by atoms with Crippen molar-refractivity contribution in [2.24, 2.45) is 0 Å². The van der Waals surface area contributed by atoms with Crippen LogP contribution in [-0.2, 0) is 4.79 Å². The van der Waals surface area contributed by atoms with Crippen LogP contribution in [0.4, 0.5) is 0 Å². The van der Waals surface area contributed by atoms with Gasteiger partial charge in [-0.05, 0) is 19.4 Å². The van der Waals surface area contributed by atoms with E-state index in [0.29, 0.717) is 13.0 Å². The number of carbonyl (C=O) groups excluding carboxylic acids is 1. The molecule has 90 valence electrons. The second-order valence-electron chi connectivity index (χ2n) is 3.85. The second-order valence-corrected chi connectivity index (χ2v) is 3.85. The van der Waals surface area contributed by atoms with Gasteiger partial charge in [-0.25, -0.2) is 0 Å². The zero-order valence-electron chi connectivity index (χ0n) is 9.76. The molecule has 0 aliphatic carbocycles. The molecule has 1 rings (SSSR count). The predicted octanol–water partition coefficient (Wildman–Crippen LogP) is 0.721. The summed E-state index contributed by atoms with van der Waals surface area (Å²) >= 11 is 0. The Hall–Kier alpha value is -1.36. The van der Waals surface area contributed by atoms with E-state index in [0.717, 1.165) is 6.42 Å². The molecule has 2 unspecified atom stereocenters. The van der Waals surface area contributed by atoms with Crippen LogP contribution in [0.1, 0.15) is 32.7 Å². The number of nitrogens with zero attached hydrogens (tertiary/aromatic N) is 2. The molecule has 16 heavy (non-hydrogen) atoms. The first-order valence-electron chi connectivity index (χ1n) is 5.60. The topological polar surface area (TPSA) is 67.2 Å². The van der Waals surface area contributed by atoms with Crippen LogP contribution in [0.15, 0.2) is 18.5 Å². The number of rotatable bonds is 6. The van der Waals surface area contributed by atoms with E-state index in [9.17, 15) is 9.90 Å². The van der Waals surface area contributed by atoms with Crippen LogP contribution >= 0.6 is 0 Å². The van der Waals surface area contributed by atoms with Crippen LogP contribution in [0.2, 0.25) is 0 Å². The van der Waals surface area contributed by atoms with Gasteiger partial charge in [-0.15, -0.1) is 0 Å². The molecule has 0 aliphatic rings. The average molecular weight is 225 g/mol. The zero-order chi connectivity index (χ0) is 12.0. The molecule has 1 aromatic heterocycles. The van der Waals surface area contributed by atoms with Crippen LogP contribution in [0.3, 0.4) is 0 Å². The number of aliphatic hydroxyl groups excluding tert-OH is 1. The summed E-state index contributed by atoms with van der Waals surface area (Å²) in [5.41, 5.74) is 0. The molecule has 0 saturated carbocycles. The maximum absolute atomic E-state index is 11.7. The van der Waals surface area contributed by atoms with Crippen LogP contribution in [-0.4, -0.2) is 33.4 Å². The Morgan fingerprint density at radius 2 is 2.38 bits per heavy atom. The Morgan fingerprint density at radius 3 is 2.94 bits per heavy atom. The number of aliphatic hydroxyl groups is 1. The Morgan fingerprint density at radius 1 is 1.62 bits per heavy atom. The van der Waals surface area contributed by atoms with Crippen molar-refractivity contribution in [3.63, 3.8) is 0 Å². The summed E-state index contributed by atoms with van der Waals surface area (Å²) in [6.07, 6.45) is 4.53. The smallest absolute Gasteiger partial charge is 0.244 e. The molecule has 5 nitrogen and oxygen atoms in total. The number of hydrogen-bond acceptors (Lipinski definition) is 3. The van der Waals surface area contributed by atoms with Crippen LogP contribution < -0.4 is 5.32 Å². The number of amides is 1. The highest BCUT2D eigenvalue weighted by molar-refractivity contribution is 5.79. The van der Waals surface area contributed by atoms with Gasteiger partial charge in [0.1, 0.15) is 6.04 Å². The third kappa shape index (κ3) is 3.66. The molecule has 1 amide bonds. The molecule has 0 bridgehead atoms. The van der Waals surface area contributed by atoms with Crippen LogP contribution in [0.25, 0.3) is 0 Å². The number of nitrogens with one attached hydrogen (secondary N) is 1. The summed E-state index contributed by atoms with van der Waals surface area (Å²) in [6, 6.07) is 1.43. The molecule has 0 spiro atoms. The molecule has 2 N–H and O–H groups in total. The van der Waals surface area contributed by atoms with E-state index in [1.165, 1.54) is 0 Å². The van der Waals surface area contributed by atoms with Gasteiger partial charge in [0.05, 0.1) is 6.10 Å². The van der Waals surface area contributed by atoms with Gasteiger partial charge in [-0.2, -0.15) is 5.10 Å². The summed E-state index contributed by atoms with van der Waals surface area (Å²) in [6.45, 7) is 4.07. The third-order valence-corrected chi connectivity index (χ3v) is 2.43. The van der Waals surface area contributed by atoms with Gasteiger partial charge in [-0.1, -0.05) is 13.3 Å². The van der Waals surface area contributed by atoms with Crippen molar-refractivity contribution in [1.82, 2.24) is 15.1 Å². The molecule has 5 heteroatoms. The summed E-state index contributed by atoms with van der Waals surface area (Å²) < 4.78 is 1.58. The fourth-order valence-corrected chi connectivity index (χ4v) is 1.43. The van der Waals surface area contributed by atoms with Crippen molar-refractivity contribution in [2.45, 2.75) is 38.8 Å². The van der Waals surface area contributed by atoms with Gasteiger partial charge in [0.2, 0.25) is 5.91 Å². The van der Waals surface area contributed by atoms with E-state index in [2.05, 4.69) is 10.4 Å². The lowest BCUT2D eigenvalue weighted by molar-refractivity contribution is -0.124. The lowest BCUT2D eigenvalue weighted by atomic mass is 10.2. The van der Waals surface area contributed by atoms with Gasteiger partial charge >= 0.3 is 0 Å². The van der Waals surface area contributed by atoms with E-state index < -0.39 is 6.10 Å². The zero-order valence-corrected chi connectivity index (χ0v) is 9.76. The summed E-state index contributed by atoms with van der Waals surface area (Å²) in [7, 11) is 0. The predicted molar refractivity (Wildman–Crippen MR) is 60.9 cm³/mol. The van der Waals surface area contributed by atoms with Crippen LogP contribution in [0, 0.1) is 0 Å². The van der Waals surface area contributed by atoms with E-state index in [1.807, 2.05) is 6.92 Å². The van der Waals surface area contributed by atoms with Gasteiger partial charge in [0.15, 0.2) is 0 Å². The summed E-state index contributed by atoms with van der Waals surface area (Å²) in [5.74, 6) is -0.126. The van der Waals surface area contributed by atoms with Gasteiger partial charge < -0.3 is 10.4 Å². The standard InChI is InChI=1S/C11H19N3O2/c1-3-5-10(15)8-12-11(16)9(2)14-7-4-6-13-14/h4,6-7,9-10,15H,3,5,8H2,1-2H3,(H,12,16). The molecule has 1 aromatic rings. The maximum atomic E-state index is 11.7. The van der Waals surface area contributed by atoms with Crippen molar-refractivity contribution in [3.05, 3.63) is 18.5 Å². The van der Waals surface area contributed by atoms with Crippen LogP contribution in [0.5, 0.6) is 0 Å². The molecule has 0 fully saturated rings. The number of hydrogen-bond donors (Lipinski definition) is 2. The van der Waals surface area contributed by atoms with E-state index >= 15 is 0 Å². The van der Waals surface area contributed by atoms with E-state index in [4.69, 9.17) is 0 Å². The largest absolute Gasteiger partial charge is 0.391 e. The minimum absolute atomic E-state index is 0.126. The fraction of sp³-hybridized carbons (Fsp3) is 0.636. The lowest BCUT2D eigenvalue weighted by Gasteiger charge is -2.15. The minimum Gasteiger partial charge on any atom is -0.391 e. The molecule has 0 aromatic carbocycles. The van der Waals surface area contributed by atoms with E-state index in [1.54, 1.807) is 30.1 Å². The Labute approximate surface area is 95.5 Å². The van der Waals surface area contributed by atoms with Gasteiger partial charge in [-0.3, -0.25) is 9.48 Å². The highest BCUT2D eigenvalue weighted by Crippen LogP contribution is 2.03. The first-order valence-corrected chi connectivity index (χ1v) is 5.60. The SMILES string of the molecule is CCCC(O)CNC(=O)C(C)n1cccn1. The number of carbonyl (C=O) groups is 1. The number of aromatic nitrogens is 2. The molecule has 0 saturated heterocycles. The highest BCUT2D eigenvalue weighted by atomic mass is 16.3. The van der Waals surface area contributed by atoms with E-state index in [-0.39, 0.29) is 11.9 Å². The quantitative estimate of drug-likeness (QED) is 0.749. The third-order valence-electron chi connectivity index (χ3n) is 2.43. The first-order chi connectivity index (χ1) is 7.65. The average Bonchev–Trinajstić information content (AvgIpc) is 2.78. The van der Waals surface area contributed by atoms with Crippen molar-refractivity contribution >= 4 is 5.91 Å². The molecular formula is C11H19N3O2. The molecule has 2 atom stereocenters. The Bertz CT molecular complexity index is 311. The van der Waals surface area contributed by atoms with Crippen molar-refractivity contribution < 1.29 is 9.90 Å². The Balaban J connectivity index is 2.35. The van der Waals surface area contributed by atoms with Crippen molar-refractivity contribution in [1.29, 1.82) is 0 Å². The molecule has 1 heterocycles. The lowest BCUT2D eigenvalue weighted by Crippen LogP contribution is -2.36. The van der Waals surface area contributed by atoms with Crippen molar-refractivity contribution in [2.75, 3.05) is 6.54 Å². The first kappa shape index (κ1) is 12.7. The molecule has 0 aliphatic heterocycles. The molecule has 0 radical (unpaired) electrons. The minimum atomic E-state index is -0.459. The Kier molecular flexibility index (Phi) is 4.98. The molecular weight excluding hydrogens is 206 g/mol. The summed E-state index contributed by atoms with van der Waals surface area (Å²) in [5, 5.41) is 16.2. The summed E-state index contributed by atoms with van der Waals surface area (Å²) in [4.78, 5) is 11.7.